The van der Waals surface area contributed by atoms with Crippen molar-refractivity contribution in [3.8, 4) is 28.5 Å². The van der Waals surface area contributed by atoms with Gasteiger partial charge in [0, 0.05) is 34.8 Å². The van der Waals surface area contributed by atoms with E-state index in [9.17, 15) is 10.1 Å². The molecule has 0 amide bonds. The average Bonchev–Trinajstić information content (AvgIpc) is 3.32. The number of aromatic nitrogens is 4. The summed E-state index contributed by atoms with van der Waals surface area (Å²) in [5.74, 6) is 1.03. The molecular weight excluding hydrogens is 410 g/mol. The average molecular weight is 425 g/mol. The zero-order valence-corrected chi connectivity index (χ0v) is 16.6. The van der Waals surface area contributed by atoms with E-state index in [1.54, 1.807) is 18.3 Å². The van der Waals surface area contributed by atoms with Crippen molar-refractivity contribution < 1.29 is 14.1 Å². The molecule has 3 heterocycles. The molecule has 9 nitrogen and oxygen atoms in total. The molecule has 0 spiro atoms. The van der Waals surface area contributed by atoms with Crippen LogP contribution < -0.4 is 4.74 Å². The third-order valence-electron chi connectivity index (χ3n) is 4.75. The van der Waals surface area contributed by atoms with Crippen molar-refractivity contribution in [2.24, 2.45) is 0 Å². The molecule has 5 aromatic rings. The summed E-state index contributed by atoms with van der Waals surface area (Å²) in [6.45, 7) is 0.0325. The van der Waals surface area contributed by atoms with Gasteiger partial charge in [-0.15, -0.1) is 10.2 Å². The van der Waals surface area contributed by atoms with Crippen molar-refractivity contribution in [1.29, 1.82) is 0 Å². The number of rotatable bonds is 6. The van der Waals surface area contributed by atoms with Gasteiger partial charge in [-0.25, -0.2) is 9.97 Å². The Morgan fingerprint density at radius 3 is 2.78 bits per heavy atom. The molecule has 0 saturated carbocycles. The van der Waals surface area contributed by atoms with Crippen LogP contribution in [0.1, 0.15) is 5.89 Å². The van der Waals surface area contributed by atoms with Gasteiger partial charge >= 0.3 is 0 Å². The third kappa shape index (κ3) is 3.86. The van der Waals surface area contributed by atoms with Crippen molar-refractivity contribution in [2.45, 2.75) is 6.61 Å². The molecule has 0 aliphatic heterocycles. The van der Waals surface area contributed by atoms with Crippen molar-refractivity contribution in [3.63, 3.8) is 0 Å². The summed E-state index contributed by atoms with van der Waals surface area (Å²) in [4.78, 5) is 19.4. The van der Waals surface area contributed by atoms with E-state index in [2.05, 4.69) is 20.2 Å². The fraction of sp³-hybridized carbons (Fsp3) is 0.0435. The molecule has 0 aliphatic rings. The van der Waals surface area contributed by atoms with Crippen LogP contribution in [0.2, 0.25) is 0 Å². The van der Waals surface area contributed by atoms with Crippen LogP contribution in [0.5, 0.6) is 5.75 Å². The Labute approximate surface area is 181 Å². The van der Waals surface area contributed by atoms with E-state index in [-0.39, 0.29) is 24.1 Å². The highest BCUT2D eigenvalue weighted by molar-refractivity contribution is 5.79. The maximum Gasteiger partial charge on any atom is 0.270 e. The Hall–Kier alpha value is -4.66. The normalized spacial score (nSPS) is 10.9. The Balaban J connectivity index is 1.37. The first-order valence-corrected chi connectivity index (χ1v) is 9.68. The van der Waals surface area contributed by atoms with Crippen LogP contribution in [0.25, 0.3) is 33.7 Å². The number of non-ortho nitro benzene ring substituents is 1. The van der Waals surface area contributed by atoms with Crippen LogP contribution >= 0.6 is 0 Å². The summed E-state index contributed by atoms with van der Waals surface area (Å²) in [5, 5.41) is 19.9. The predicted octanol–water partition coefficient (Wildman–Crippen LogP) is 4.83. The zero-order chi connectivity index (χ0) is 21.9. The maximum atomic E-state index is 11.0. The molecule has 5 rings (SSSR count). The van der Waals surface area contributed by atoms with E-state index in [0.29, 0.717) is 17.0 Å². The summed E-state index contributed by atoms with van der Waals surface area (Å²) in [7, 11) is 0. The second kappa shape index (κ2) is 8.23. The molecule has 0 N–H and O–H groups in total. The molecule has 0 bridgehead atoms. The van der Waals surface area contributed by atoms with Gasteiger partial charge in [0.2, 0.25) is 5.89 Å². The number of hydrogen-bond donors (Lipinski definition) is 0. The number of nitrogens with zero attached hydrogens (tertiary/aromatic N) is 5. The Morgan fingerprint density at radius 2 is 1.88 bits per heavy atom. The number of para-hydroxylation sites is 1. The van der Waals surface area contributed by atoms with Gasteiger partial charge in [0.25, 0.3) is 11.6 Å². The molecule has 0 saturated heterocycles. The van der Waals surface area contributed by atoms with Crippen LogP contribution in [-0.4, -0.2) is 25.1 Å². The van der Waals surface area contributed by atoms with E-state index in [4.69, 9.17) is 9.15 Å². The molecule has 32 heavy (non-hydrogen) atoms. The lowest BCUT2D eigenvalue weighted by molar-refractivity contribution is -0.384. The lowest BCUT2D eigenvalue weighted by Crippen LogP contribution is -1.98. The summed E-state index contributed by atoms with van der Waals surface area (Å²) in [6.07, 6.45) is 1.70. The largest absolute Gasteiger partial charge is 0.483 e. The molecule has 3 aromatic heterocycles. The monoisotopic (exact) mass is 425 g/mol. The van der Waals surface area contributed by atoms with E-state index >= 15 is 0 Å². The summed E-state index contributed by atoms with van der Waals surface area (Å²) >= 11 is 0. The molecule has 0 radical (unpaired) electrons. The van der Waals surface area contributed by atoms with Crippen molar-refractivity contribution in [2.75, 3.05) is 0 Å². The number of benzene rings is 2. The van der Waals surface area contributed by atoms with Gasteiger partial charge in [-0.05, 0) is 42.5 Å². The Kier molecular flexibility index (Phi) is 4.97. The zero-order valence-electron chi connectivity index (χ0n) is 16.6. The second-order valence-electron chi connectivity index (χ2n) is 6.84. The van der Waals surface area contributed by atoms with Gasteiger partial charge in [-0.3, -0.25) is 10.1 Å². The number of nitro benzene ring substituents is 1. The standard InChI is InChI=1S/C23H15N5O4/c29-28(30)17-7-3-5-16(13-17)23-27-26-21(32-23)14-31-20-9-2-1-8-18(20)19-11-10-15-6-4-12-24-22(15)25-19/h1-13H,14H2. The topological polar surface area (TPSA) is 117 Å². The van der Waals surface area contributed by atoms with Gasteiger partial charge in [0.05, 0.1) is 10.6 Å². The molecule has 0 atom stereocenters. The highest BCUT2D eigenvalue weighted by atomic mass is 16.6. The van der Waals surface area contributed by atoms with E-state index in [1.165, 1.54) is 12.1 Å². The number of ether oxygens (including phenoxy) is 1. The summed E-state index contributed by atoms with van der Waals surface area (Å²) in [6, 6.07) is 21.2. The van der Waals surface area contributed by atoms with Crippen molar-refractivity contribution in [3.05, 3.63) is 95.0 Å². The highest BCUT2D eigenvalue weighted by Gasteiger charge is 2.14. The molecule has 0 fully saturated rings. The number of nitro groups is 1. The summed E-state index contributed by atoms with van der Waals surface area (Å²) < 4.78 is 11.6. The van der Waals surface area contributed by atoms with Crippen molar-refractivity contribution in [1.82, 2.24) is 20.2 Å². The van der Waals surface area contributed by atoms with E-state index in [0.717, 1.165) is 16.6 Å². The van der Waals surface area contributed by atoms with Crippen LogP contribution in [0.4, 0.5) is 5.69 Å². The predicted molar refractivity (Wildman–Crippen MR) is 116 cm³/mol. The lowest BCUT2D eigenvalue weighted by Gasteiger charge is -2.10. The van der Waals surface area contributed by atoms with E-state index < -0.39 is 4.92 Å². The minimum Gasteiger partial charge on any atom is -0.483 e. The van der Waals surface area contributed by atoms with E-state index in [1.807, 2.05) is 48.5 Å². The Bertz CT molecular complexity index is 1430. The fourth-order valence-electron chi connectivity index (χ4n) is 3.23. The van der Waals surface area contributed by atoms with Crippen molar-refractivity contribution >= 4 is 16.7 Å². The van der Waals surface area contributed by atoms with Crippen LogP contribution in [0.15, 0.2) is 83.4 Å². The number of fused-ring (bicyclic) bond motifs is 1. The molecule has 0 unspecified atom stereocenters. The van der Waals surface area contributed by atoms with Gasteiger partial charge in [-0.1, -0.05) is 18.2 Å². The molecule has 0 aliphatic carbocycles. The van der Waals surface area contributed by atoms with Gasteiger partial charge in [0.15, 0.2) is 12.3 Å². The maximum absolute atomic E-state index is 11.0. The molecule has 156 valence electrons. The molecule has 2 aromatic carbocycles. The SMILES string of the molecule is O=[N+]([O-])c1cccc(-c2nnc(COc3ccccc3-c3ccc4cccnc4n3)o2)c1. The van der Waals surface area contributed by atoms with Crippen LogP contribution in [-0.2, 0) is 6.61 Å². The first-order valence-electron chi connectivity index (χ1n) is 9.68. The highest BCUT2D eigenvalue weighted by Crippen LogP contribution is 2.30. The molecule has 9 heteroatoms. The lowest BCUT2D eigenvalue weighted by atomic mass is 10.1. The quantitative estimate of drug-likeness (QED) is 0.280. The third-order valence-corrected chi connectivity index (χ3v) is 4.75. The number of hydrogen-bond acceptors (Lipinski definition) is 8. The van der Waals surface area contributed by atoms with Gasteiger partial charge in [-0.2, -0.15) is 0 Å². The van der Waals surface area contributed by atoms with Crippen LogP contribution in [0, 0.1) is 10.1 Å². The molecular formula is C23H15N5O4. The summed E-state index contributed by atoms with van der Waals surface area (Å²) in [5.41, 5.74) is 2.60. The van der Waals surface area contributed by atoms with Gasteiger partial charge < -0.3 is 9.15 Å². The minimum absolute atomic E-state index is 0.0325. The second-order valence-corrected chi connectivity index (χ2v) is 6.84. The minimum atomic E-state index is -0.475. The number of pyridine rings is 2. The smallest absolute Gasteiger partial charge is 0.270 e. The first-order chi connectivity index (χ1) is 15.7. The van der Waals surface area contributed by atoms with Crippen LogP contribution in [0.3, 0.4) is 0 Å². The van der Waals surface area contributed by atoms with Gasteiger partial charge in [0.1, 0.15) is 5.75 Å². The Morgan fingerprint density at radius 1 is 0.969 bits per heavy atom. The first kappa shape index (κ1) is 19.3. The fourth-order valence-corrected chi connectivity index (χ4v) is 3.23.